The van der Waals surface area contributed by atoms with Crippen molar-refractivity contribution in [2.75, 3.05) is 7.11 Å². The van der Waals surface area contributed by atoms with Gasteiger partial charge in [0.2, 0.25) is 5.92 Å². The van der Waals surface area contributed by atoms with E-state index in [4.69, 9.17) is 0 Å². The summed E-state index contributed by atoms with van der Waals surface area (Å²) in [5.41, 5.74) is 0.388. The van der Waals surface area contributed by atoms with Gasteiger partial charge in [-0.3, -0.25) is 0 Å². The maximum absolute atomic E-state index is 12.9. The molecule has 0 aromatic heterocycles. The summed E-state index contributed by atoms with van der Waals surface area (Å²) in [7, 11) is 1.13. The molecule has 1 unspecified atom stereocenters. The minimum Gasteiger partial charge on any atom is -0.467 e. The molecule has 17 heavy (non-hydrogen) atoms. The molecule has 0 amide bonds. The first-order valence-corrected chi connectivity index (χ1v) is 5.06. The topological polar surface area (TPSA) is 46.5 Å². The van der Waals surface area contributed by atoms with Gasteiger partial charge in [0.1, 0.15) is 0 Å². The van der Waals surface area contributed by atoms with Crippen molar-refractivity contribution < 1.29 is 23.4 Å². The van der Waals surface area contributed by atoms with E-state index in [2.05, 4.69) is 4.74 Å². The molecule has 0 aliphatic carbocycles. The zero-order valence-electron chi connectivity index (χ0n) is 9.61. The lowest BCUT2D eigenvalue weighted by atomic mass is 9.98. The second-order valence-corrected chi connectivity index (χ2v) is 3.87. The molecule has 0 spiro atoms. The van der Waals surface area contributed by atoms with Crippen molar-refractivity contribution in [2.45, 2.75) is 25.4 Å². The molecule has 1 rings (SSSR count). The predicted octanol–water partition coefficient (Wildman–Crippen LogP) is 2.09. The van der Waals surface area contributed by atoms with Gasteiger partial charge in [-0.25, -0.2) is 13.6 Å². The number of ether oxygens (including phenoxy) is 1. The van der Waals surface area contributed by atoms with E-state index >= 15 is 0 Å². The van der Waals surface area contributed by atoms with Crippen LogP contribution in [0.5, 0.6) is 0 Å². The Kier molecular flexibility index (Phi) is 4.17. The number of rotatable bonds is 4. The molecular formula is C12H14F2O3. The van der Waals surface area contributed by atoms with Crippen molar-refractivity contribution in [3.05, 3.63) is 35.4 Å². The lowest BCUT2D eigenvalue weighted by molar-refractivity contribution is -0.150. The van der Waals surface area contributed by atoms with E-state index in [1.165, 1.54) is 12.1 Å². The highest BCUT2D eigenvalue weighted by molar-refractivity contribution is 5.76. The number of esters is 1. The van der Waals surface area contributed by atoms with E-state index in [-0.39, 0.29) is 11.1 Å². The lowest BCUT2D eigenvalue weighted by Gasteiger charge is -2.16. The number of aliphatic hydroxyl groups excluding tert-OH is 1. The van der Waals surface area contributed by atoms with Crippen LogP contribution in [0, 0.1) is 0 Å². The molecule has 0 saturated carbocycles. The van der Waals surface area contributed by atoms with Gasteiger partial charge in [-0.1, -0.05) is 24.3 Å². The van der Waals surface area contributed by atoms with Crippen LogP contribution >= 0.6 is 0 Å². The van der Waals surface area contributed by atoms with E-state index in [1.54, 1.807) is 12.1 Å². The summed E-state index contributed by atoms with van der Waals surface area (Å²) in [6.07, 6.45) is -2.06. The lowest BCUT2D eigenvalue weighted by Crippen LogP contribution is -2.19. The summed E-state index contributed by atoms with van der Waals surface area (Å²) >= 11 is 0. The molecule has 1 atom stereocenters. The summed E-state index contributed by atoms with van der Waals surface area (Å²) in [6, 6.07) is 6.04. The first-order chi connectivity index (χ1) is 7.85. The Balaban J connectivity index is 3.03. The minimum atomic E-state index is -2.90. The van der Waals surface area contributed by atoms with Crippen LogP contribution in [0.2, 0.25) is 0 Å². The molecule has 94 valence electrons. The van der Waals surface area contributed by atoms with Crippen LogP contribution in [0.15, 0.2) is 24.3 Å². The van der Waals surface area contributed by atoms with Gasteiger partial charge in [0.25, 0.3) is 0 Å². The quantitative estimate of drug-likeness (QED) is 0.825. The maximum atomic E-state index is 12.9. The molecule has 0 heterocycles. The van der Waals surface area contributed by atoms with Crippen LogP contribution < -0.4 is 0 Å². The van der Waals surface area contributed by atoms with Crippen molar-refractivity contribution in [2.24, 2.45) is 0 Å². The number of benzene rings is 1. The highest BCUT2D eigenvalue weighted by Gasteiger charge is 2.27. The Labute approximate surface area is 98.0 Å². The van der Waals surface area contributed by atoms with Gasteiger partial charge in [0, 0.05) is 6.42 Å². The van der Waals surface area contributed by atoms with Crippen molar-refractivity contribution >= 4 is 5.97 Å². The van der Waals surface area contributed by atoms with E-state index < -0.39 is 24.4 Å². The number of hydrogen-bond acceptors (Lipinski definition) is 3. The Morgan fingerprint density at radius 2 is 2.06 bits per heavy atom. The number of carbonyl (C=O) groups is 1. The normalized spacial score (nSPS) is 13.2. The second-order valence-electron chi connectivity index (χ2n) is 3.87. The third kappa shape index (κ3) is 3.78. The Hall–Kier alpha value is -1.49. The molecule has 5 heteroatoms. The summed E-state index contributed by atoms with van der Waals surface area (Å²) in [5, 5.41) is 9.65. The molecule has 3 nitrogen and oxygen atoms in total. The van der Waals surface area contributed by atoms with Gasteiger partial charge in [-0.15, -0.1) is 0 Å². The van der Waals surface area contributed by atoms with Crippen molar-refractivity contribution in [1.82, 2.24) is 0 Å². The van der Waals surface area contributed by atoms with Crippen LogP contribution in [-0.2, 0) is 16.0 Å². The average Bonchev–Trinajstić information content (AvgIpc) is 2.25. The fraction of sp³-hybridized carbons (Fsp3) is 0.417. The number of halogens is 2. The monoisotopic (exact) mass is 244 g/mol. The van der Waals surface area contributed by atoms with Crippen LogP contribution in [0.25, 0.3) is 0 Å². The number of aliphatic hydroxyl groups is 1. The maximum Gasteiger partial charge on any atom is 0.339 e. The van der Waals surface area contributed by atoms with Gasteiger partial charge < -0.3 is 9.84 Å². The number of methoxy groups -OCH3 is 1. The average molecular weight is 244 g/mol. The predicted molar refractivity (Wildman–Crippen MR) is 57.7 cm³/mol. The van der Waals surface area contributed by atoms with Gasteiger partial charge in [0.15, 0.2) is 6.10 Å². The van der Waals surface area contributed by atoms with Gasteiger partial charge in [-0.05, 0) is 18.1 Å². The first kappa shape index (κ1) is 13.6. The SMILES string of the molecule is COC(=O)C(O)c1ccccc1CC(C)(F)F. The third-order valence-electron chi connectivity index (χ3n) is 2.27. The van der Waals surface area contributed by atoms with E-state index in [1.807, 2.05) is 0 Å². The van der Waals surface area contributed by atoms with E-state index in [0.717, 1.165) is 14.0 Å². The zero-order valence-corrected chi connectivity index (χ0v) is 9.61. The molecule has 0 aliphatic heterocycles. The fourth-order valence-electron chi connectivity index (χ4n) is 1.53. The highest BCUT2D eigenvalue weighted by Crippen LogP contribution is 2.25. The van der Waals surface area contributed by atoms with Gasteiger partial charge >= 0.3 is 5.97 Å². The van der Waals surface area contributed by atoms with E-state index in [9.17, 15) is 18.7 Å². The fourth-order valence-corrected chi connectivity index (χ4v) is 1.53. The van der Waals surface area contributed by atoms with E-state index in [0.29, 0.717) is 0 Å². The van der Waals surface area contributed by atoms with Crippen LogP contribution in [-0.4, -0.2) is 24.1 Å². The molecule has 0 fully saturated rings. The van der Waals surface area contributed by atoms with Crippen molar-refractivity contribution in [3.8, 4) is 0 Å². The Morgan fingerprint density at radius 3 is 2.59 bits per heavy atom. The Morgan fingerprint density at radius 1 is 1.47 bits per heavy atom. The molecular weight excluding hydrogens is 230 g/mol. The summed E-state index contributed by atoms with van der Waals surface area (Å²) in [5.74, 6) is -3.76. The Bertz CT molecular complexity index is 399. The van der Waals surface area contributed by atoms with Crippen molar-refractivity contribution in [3.63, 3.8) is 0 Å². The zero-order chi connectivity index (χ0) is 13.1. The summed E-state index contributed by atoms with van der Waals surface area (Å²) in [6.45, 7) is 0.786. The molecule has 0 aliphatic rings. The summed E-state index contributed by atoms with van der Waals surface area (Å²) in [4.78, 5) is 11.2. The largest absolute Gasteiger partial charge is 0.467 e. The van der Waals surface area contributed by atoms with Gasteiger partial charge in [0.05, 0.1) is 7.11 Å². The van der Waals surface area contributed by atoms with Crippen LogP contribution in [0.4, 0.5) is 8.78 Å². The standard InChI is InChI=1S/C12H14F2O3/c1-12(13,14)7-8-5-3-4-6-9(8)10(15)11(16)17-2/h3-6,10,15H,7H2,1-2H3. The molecule has 0 radical (unpaired) electrons. The van der Waals surface area contributed by atoms with Crippen LogP contribution in [0.3, 0.4) is 0 Å². The van der Waals surface area contributed by atoms with Crippen LogP contribution in [0.1, 0.15) is 24.2 Å². The molecule has 0 saturated heterocycles. The van der Waals surface area contributed by atoms with Crippen molar-refractivity contribution in [1.29, 1.82) is 0 Å². The minimum absolute atomic E-state index is 0.154. The molecule has 0 bridgehead atoms. The number of hydrogen-bond donors (Lipinski definition) is 1. The number of alkyl halides is 2. The van der Waals surface area contributed by atoms with Gasteiger partial charge in [-0.2, -0.15) is 0 Å². The smallest absolute Gasteiger partial charge is 0.339 e. The summed E-state index contributed by atoms with van der Waals surface area (Å²) < 4.78 is 30.2. The second kappa shape index (κ2) is 5.23. The first-order valence-electron chi connectivity index (χ1n) is 5.06. The molecule has 1 aromatic rings. The number of carbonyl (C=O) groups excluding carboxylic acids is 1. The molecule has 1 aromatic carbocycles. The third-order valence-corrected chi connectivity index (χ3v) is 2.27. The molecule has 1 N–H and O–H groups in total. The highest BCUT2D eigenvalue weighted by atomic mass is 19.3.